The summed E-state index contributed by atoms with van der Waals surface area (Å²) in [5.74, 6) is -1.79. The Labute approximate surface area is 146 Å². The van der Waals surface area contributed by atoms with E-state index in [0.29, 0.717) is 25.8 Å². The zero-order valence-electron chi connectivity index (χ0n) is 13.9. The molecule has 1 aliphatic rings. The van der Waals surface area contributed by atoms with Crippen molar-refractivity contribution >= 4 is 11.9 Å². The first-order valence-electron chi connectivity index (χ1n) is 8.42. The molecule has 0 aromatic heterocycles. The summed E-state index contributed by atoms with van der Waals surface area (Å²) in [6.07, 6.45) is 1.91. The van der Waals surface area contributed by atoms with Gasteiger partial charge in [0.15, 0.2) is 0 Å². The van der Waals surface area contributed by atoms with Gasteiger partial charge in [0, 0.05) is 13.1 Å². The Balaban J connectivity index is 1.80. The van der Waals surface area contributed by atoms with Crippen LogP contribution in [0.5, 0.6) is 5.75 Å². The number of hydrogen-bond acceptors (Lipinski definition) is 3. The summed E-state index contributed by atoms with van der Waals surface area (Å²) < 4.78 is 0. The van der Waals surface area contributed by atoms with Crippen molar-refractivity contribution in [1.82, 2.24) is 4.90 Å². The molecule has 1 unspecified atom stereocenters. The average molecular weight is 339 g/mol. The number of phenolic OH excluding ortho intramolecular Hbond substituents is 1. The van der Waals surface area contributed by atoms with Gasteiger partial charge < -0.3 is 15.1 Å². The second-order valence-electron chi connectivity index (χ2n) is 6.44. The lowest BCUT2D eigenvalue weighted by Gasteiger charge is -2.31. The van der Waals surface area contributed by atoms with E-state index in [1.54, 1.807) is 12.1 Å². The summed E-state index contributed by atoms with van der Waals surface area (Å²) >= 11 is 0. The van der Waals surface area contributed by atoms with Crippen LogP contribution in [0.3, 0.4) is 0 Å². The van der Waals surface area contributed by atoms with E-state index in [0.717, 1.165) is 11.1 Å². The molecule has 0 radical (unpaired) electrons. The number of carboxylic acids is 1. The average Bonchev–Trinajstić information content (AvgIpc) is 2.63. The molecule has 2 aromatic rings. The Morgan fingerprint density at radius 1 is 1.08 bits per heavy atom. The Bertz CT molecular complexity index is 773. The summed E-state index contributed by atoms with van der Waals surface area (Å²) in [6, 6.07) is 14.9. The van der Waals surface area contributed by atoms with Crippen molar-refractivity contribution in [3.8, 4) is 5.75 Å². The van der Waals surface area contributed by atoms with Gasteiger partial charge in [0.1, 0.15) is 5.75 Å². The highest BCUT2D eigenvalue weighted by molar-refractivity contribution is 5.97. The standard InChI is InChI=1S/C20H21NO4/c22-18-9-8-15(11-14-5-2-1-3-6-14)12-17(18)19(23)21-10-4-7-16(13-21)20(24)25/h1-3,5-6,8-9,12,16,22H,4,7,10-11,13H2,(H,24,25). The van der Waals surface area contributed by atoms with Gasteiger partial charge in [0.25, 0.3) is 5.91 Å². The number of carbonyl (C=O) groups excluding carboxylic acids is 1. The van der Waals surface area contributed by atoms with Crippen LogP contribution in [-0.4, -0.2) is 40.1 Å². The van der Waals surface area contributed by atoms with Crippen LogP contribution in [0, 0.1) is 5.92 Å². The lowest BCUT2D eigenvalue weighted by Crippen LogP contribution is -2.42. The van der Waals surface area contributed by atoms with Crippen LogP contribution in [0.2, 0.25) is 0 Å². The highest BCUT2D eigenvalue weighted by Crippen LogP contribution is 2.25. The number of carboxylic acid groups (broad SMARTS) is 1. The molecule has 5 heteroatoms. The highest BCUT2D eigenvalue weighted by Gasteiger charge is 2.29. The van der Waals surface area contributed by atoms with Gasteiger partial charge in [0.05, 0.1) is 11.5 Å². The third kappa shape index (κ3) is 3.99. The van der Waals surface area contributed by atoms with Crippen LogP contribution < -0.4 is 0 Å². The van der Waals surface area contributed by atoms with Crippen molar-refractivity contribution in [2.45, 2.75) is 19.3 Å². The van der Waals surface area contributed by atoms with E-state index in [1.165, 1.54) is 11.0 Å². The summed E-state index contributed by atoms with van der Waals surface area (Å²) in [4.78, 5) is 25.5. The Morgan fingerprint density at radius 3 is 2.56 bits per heavy atom. The molecule has 1 aliphatic heterocycles. The molecule has 1 heterocycles. The van der Waals surface area contributed by atoms with E-state index in [-0.39, 0.29) is 23.8 Å². The van der Waals surface area contributed by atoms with E-state index < -0.39 is 11.9 Å². The molecule has 1 atom stereocenters. The third-order valence-electron chi connectivity index (χ3n) is 4.60. The summed E-state index contributed by atoms with van der Waals surface area (Å²) in [7, 11) is 0. The predicted molar refractivity (Wildman–Crippen MR) is 93.6 cm³/mol. The number of phenols is 1. The van der Waals surface area contributed by atoms with Crippen molar-refractivity contribution in [3.63, 3.8) is 0 Å². The van der Waals surface area contributed by atoms with E-state index in [4.69, 9.17) is 0 Å². The number of benzene rings is 2. The second kappa shape index (κ2) is 7.38. The minimum absolute atomic E-state index is 0.0701. The van der Waals surface area contributed by atoms with Gasteiger partial charge in [-0.2, -0.15) is 0 Å². The summed E-state index contributed by atoms with van der Waals surface area (Å²) in [6.45, 7) is 0.710. The molecule has 3 rings (SSSR count). The van der Waals surface area contributed by atoms with Crippen molar-refractivity contribution < 1.29 is 19.8 Å². The van der Waals surface area contributed by atoms with Crippen molar-refractivity contribution in [2.24, 2.45) is 5.92 Å². The summed E-state index contributed by atoms with van der Waals surface area (Å²) in [5, 5.41) is 19.3. The Morgan fingerprint density at radius 2 is 1.84 bits per heavy atom. The molecule has 5 nitrogen and oxygen atoms in total. The number of aromatic hydroxyl groups is 1. The van der Waals surface area contributed by atoms with Crippen LogP contribution in [0.15, 0.2) is 48.5 Å². The minimum Gasteiger partial charge on any atom is -0.507 e. The van der Waals surface area contributed by atoms with Crippen LogP contribution in [0.4, 0.5) is 0 Å². The molecule has 0 spiro atoms. The quantitative estimate of drug-likeness (QED) is 0.898. The number of rotatable bonds is 4. The molecule has 2 aromatic carbocycles. The monoisotopic (exact) mass is 339 g/mol. The van der Waals surface area contributed by atoms with Crippen molar-refractivity contribution in [1.29, 1.82) is 0 Å². The van der Waals surface area contributed by atoms with E-state index in [2.05, 4.69) is 0 Å². The molecule has 0 saturated carbocycles. The van der Waals surface area contributed by atoms with Crippen molar-refractivity contribution in [2.75, 3.05) is 13.1 Å². The lowest BCUT2D eigenvalue weighted by atomic mass is 9.96. The molecule has 25 heavy (non-hydrogen) atoms. The molecule has 0 bridgehead atoms. The first-order valence-corrected chi connectivity index (χ1v) is 8.42. The van der Waals surface area contributed by atoms with Crippen LogP contribution in [0.1, 0.15) is 34.3 Å². The van der Waals surface area contributed by atoms with Crippen LogP contribution in [0.25, 0.3) is 0 Å². The maximum absolute atomic E-state index is 12.8. The number of aliphatic carboxylic acids is 1. The lowest BCUT2D eigenvalue weighted by molar-refractivity contribution is -0.143. The zero-order chi connectivity index (χ0) is 17.8. The van der Waals surface area contributed by atoms with E-state index in [9.17, 15) is 19.8 Å². The van der Waals surface area contributed by atoms with Gasteiger partial charge in [0.2, 0.25) is 0 Å². The fourth-order valence-corrected chi connectivity index (χ4v) is 3.23. The van der Waals surface area contributed by atoms with Crippen LogP contribution in [-0.2, 0) is 11.2 Å². The number of amides is 1. The predicted octanol–water partition coefficient (Wildman–Crippen LogP) is 2.92. The van der Waals surface area contributed by atoms with Gasteiger partial charge in [-0.1, -0.05) is 36.4 Å². The van der Waals surface area contributed by atoms with Crippen LogP contribution >= 0.6 is 0 Å². The van der Waals surface area contributed by atoms with Crippen molar-refractivity contribution in [3.05, 3.63) is 65.2 Å². The fourth-order valence-electron chi connectivity index (χ4n) is 3.23. The van der Waals surface area contributed by atoms with Gasteiger partial charge in [-0.25, -0.2) is 0 Å². The first-order chi connectivity index (χ1) is 12.0. The maximum atomic E-state index is 12.8. The number of carbonyl (C=O) groups is 2. The molecule has 2 N–H and O–H groups in total. The number of hydrogen-bond donors (Lipinski definition) is 2. The second-order valence-corrected chi connectivity index (χ2v) is 6.44. The third-order valence-corrected chi connectivity index (χ3v) is 4.60. The number of piperidine rings is 1. The molecule has 1 amide bonds. The molecule has 1 saturated heterocycles. The fraction of sp³-hybridized carbons (Fsp3) is 0.300. The molecule has 0 aliphatic carbocycles. The van der Waals surface area contributed by atoms with Gasteiger partial charge in [-0.05, 0) is 42.5 Å². The minimum atomic E-state index is -0.875. The molecular formula is C20H21NO4. The topological polar surface area (TPSA) is 77.8 Å². The molecule has 130 valence electrons. The Kier molecular flexibility index (Phi) is 5.03. The van der Waals surface area contributed by atoms with Gasteiger partial charge in [-0.15, -0.1) is 0 Å². The summed E-state index contributed by atoms with van der Waals surface area (Å²) in [5.41, 5.74) is 2.29. The normalized spacial score (nSPS) is 17.3. The molecular weight excluding hydrogens is 318 g/mol. The number of nitrogens with zero attached hydrogens (tertiary/aromatic N) is 1. The largest absolute Gasteiger partial charge is 0.507 e. The smallest absolute Gasteiger partial charge is 0.308 e. The SMILES string of the molecule is O=C(O)C1CCCN(C(=O)c2cc(Cc3ccccc3)ccc2O)C1. The maximum Gasteiger partial charge on any atom is 0.308 e. The first kappa shape index (κ1) is 17.0. The highest BCUT2D eigenvalue weighted by atomic mass is 16.4. The van der Waals surface area contributed by atoms with Gasteiger partial charge >= 0.3 is 5.97 Å². The van der Waals surface area contributed by atoms with Gasteiger partial charge in [-0.3, -0.25) is 9.59 Å². The molecule has 1 fully saturated rings. The zero-order valence-corrected chi connectivity index (χ0v) is 13.9. The number of likely N-dealkylation sites (tertiary alicyclic amines) is 1. The van der Waals surface area contributed by atoms with E-state index in [1.807, 2.05) is 30.3 Å². The van der Waals surface area contributed by atoms with E-state index >= 15 is 0 Å². The Hall–Kier alpha value is -2.82.